The largest absolute Gasteiger partial charge is 0.483 e. The van der Waals surface area contributed by atoms with Gasteiger partial charge in [-0.15, -0.1) is 0 Å². The number of hydrogen-bond donors (Lipinski definition) is 2. The van der Waals surface area contributed by atoms with Gasteiger partial charge in [0.1, 0.15) is 17.4 Å². The predicted molar refractivity (Wildman–Crippen MR) is 149 cm³/mol. The number of fused-ring (bicyclic) bond motifs is 2. The number of hydrazone groups is 1. The van der Waals surface area contributed by atoms with Crippen LogP contribution in [-0.2, 0) is 20.9 Å². The molecule has 0 bridgehead atoms. The molecule has 206 valence electrons. The maximum Gasteiger partial charge on any atom is 0.277 e. The van der Waals surface area contributed by atoms with Crippen LogP contribution in [-0.4, -0.2) is 56.8 Å². The summed E-state index contributed by atoms with van der Waals surface area (Å²) in [4.78, 5) is 55.8. The highest BCUT2D eigenvalue weighted by Crippen LogP contribution is 2.38. The van der Waals surface area contributed by atoms with Crippen molar-refractivity contribution in [3.8, 4) is 16.9 Å². The van der Waals surface area contributed by atoms with Crippen molar-refractivity contribution in [2.45, 2.75) is 32.4 Å². The minimum Gasteiger partial charge on any atom is -0.483 e. The second kappa shape index (κ2) is 10.7. The van der Waals surface area contributed by atoms with Crippen LogP contribution in [0.4, 0.5) is 0 Å². The second-order valence-corrected chi connectivity index (χ2v) is 9.82. The smallest absolute Gasteiger partial charge is 0.277 e. The fraction of sp³-hybridized carbons (Fsp3) is 0.200. The van der Waals surface area contributed by atoms with Gasteiger partial charge in [0.05, 0.1) is 17.6 Å². The molecule has 1 saturated heterocycles. The minimum absolute atomic E-state index is 0.185. The number of hydrogen-bond acceptors (Lipinski definition) is 7. The third-order valence-corrected chi connectivity index (χ3v) is 7.25. The van der Waals surface area contributed by atoms with Crippen molar-refractivity contribution in [3.05, 3.63) is 89.4 Å². The molecule has 6 rings (SSSR count). The molecule has 1 unspecified atom stereocenters. The fourth-order valence-corrected chi connectivity index (χ4v) is 5.28. The first-order chi connectivity index (χ1) is 19.9. The number of nitrogens with zero attached hydrogens (tertiary/aromatic N) is 4. The molecule has 0 radical (unpaired) electrons. The third kappa shape index (κ3) is 4.93. The topological polar surface area (TPSA) is 134 Å². The third-order valence-electron chi connectivity index (χ3n) is 7.25. The number of pyridine rings is 1. The Bertz CT molecular complexity index is 1740. The van der Waals surface area contributed by atoms with Crippen molar-refractivity contribution in [1.29, 1.82) is 0 Å². The number of piperidine rings is 1. The lowest BCUT2D eigenvalue weighted by molar-refractivity contribution is -0.137. The molecule has 2 aliphatic heterocycles. The normalized spacial score (nSPS) is 16.8. The van der Waals surface area contributed by atoms with Crippen molar-refractivity contribution < 1.29 is 23.9 Å². The monoisotopic (exact) mass is 550 g/mol. The Balaban J connectivity index is 1.16. The van der Waals surface area contributed by atoms with Gasteiger partial charge in [0, 0.05) is 30.3 Å². The summed E-state index contributed by atoms with van der Waals surface area (Å²) >= 11 is 0. The number of rotatable bonds is 7. The summed E-state index contributed by atoms with van der Waals surface area (Å²) in [5.74, 6) is -1.03. The van der Waals surface area contributed by atoms with Crippen LogP contribution in [0.1, 0.15) is 40.2 Å². The van der Waals surface area contributed by atoms with Crippen LogP contribution in [0.2, 0.25) is 0 Å². The zero-order valence-corrected chi connectivity index (χ0v) is 22.2. The molecule has 1 fully saturated rings. The Morgan fingerprint density at radius 3 is 2.71 bits per heavy atom. The van der Waals surface area contributed by atoms with Crippen molar-refractivity contribution in [2.24, 2.45) is 5.10 Å². The molecular weight excluding hydrogens is 524 g/mol. The first kappa shape index (κ1) is 25.9. The predicted octanol–water partition coefficient (Wildman–Crippen LogP) is 2.60. The van der Waals surface area contributed by atoms with Gasteiger partial charge >= 0.3 is 0 Å². The highest BCUT2D eigenvalue weighted by molar-refractivity contribution is 6.06. The molecule has 4 aromatic rings. The van der Waals surface area contributed by atoms with E-state index in [0.29, 0.717) is 16.9 Å². The number of imide groups is 1. The van der Waals surface area contributed by atoms with Gasteiger partial charge in [0.25, 0.3) is 11.8 Å². The summed E-state index contributed by atoms with van der Waals surface area (Å²) in [6.07, 6.45) is 3.88. The first-order valence-corrected chi connectivity index (χ1v) is 13.1. The maximum atomic E-state index is 13.2. The molecule has 0 saturated carbocycles. The van der Waals surface area contributed by atoms with E-state index in [-0.39, 0.29) is 37.8 Å². The number of imidazole rings is 1. The molecule has 2 aromatic carbocycles. The van der Waals surface area contributed by atoms with Gasteiger partial charge in [-0.05, 0) is 48.7 Å². The highest BCUT2D eigenvalue weighted by Gasteiger charge is 2.40. The molecule has 2 N–H and O–H groups in total. The number of benzene rings is 2. The summed E-state index contributed by atoms with van der Waals surface area (Å²) in [5, 5.41) is 6.40. The van der Waals surface area contributed by atoms with Crippen LogP contribution in [0, 0.1) is 6.92 Å². The maximum absolute atomic E-state index is 13.2. The van der Waals surface area contributed by atoms with E-state index in [2.05, 4.69) is 20.8 Å². The van der Waals surface area contributed by atoms with Gasteiger partial charge in [0.2, 0.25) is 11.8 Å². The number of carbonyl (C=O) groups excluding carboxylic acids is 4. The van der Waals surface area contributed by atoms with Crippen molar-refractivity contribution >= 4 is 35.5 Å². The van der Waals surface area contributed by atoms with Gasteiger partial charge in [-0.2, -0.15) is 5.10 Å². The average Bonchev–Trinajstić information content (AvgIpc) is 3.48. The Kier molecular flexibility index (Phi) is 6.76. The van der Waals surface area contributed by atoms with Gasteiger partial charge in [-0.1, -0.05) is 36.4 Å². The minimum atomic E-state index is -0.708. The Hall–Kier alpha value is -5.32. The van der Waals surface area contributed by atoms with E-state index in [1.54, 1.807) is 30.5 Å². The molecule has 4 heterocycles. The van der Waals surface area contributed by atoms with Gasteiger partial charge < -0.3 is 9.64 Å². The zero-order valence-electron chi connectivity index (χ0n) is 22.2. The van der Waals surface area contributed by atoms with E-state index in [1.807, 2.05) is 53.9 Å². The van der Waals surface area contributed by atoms with E-state index in [0.717, 1.165) is 28.2 Å². The Labute approximate surface area is 234 Å². The van der Waals surface area contributed by atoms with Gasteiger partial charge in [0.15, 0.2) is 6.61 Å². The molecule has 2 aromatic heterocycles. The number of nitrogens with one attached hydrogen (secondary N) is 2. The van der Waals surface area contributed by atoms with E-state index in [1.165, 1.54) is 4.90 Å². The SMILES string of the molecule is Cc1nc2ccccn2c1/C=N/NC(=O)COc1ccccc1-c1cccc2c1CN(C1CCC(=O)NC1=O)C2=O. The van der Waals surface area contributed by atoms with E-state index in [4.69, 9.17) is 4.74 Å². The van der Waals surface area contributed by atoms with Gasteiger partial charge in [-0.25, -0.2) is 10.4 Å². The summed E-state index contributed by atoms with van der Waals surface area (Å²) in [5.41, 5.74) is 7.54. The molecule has 0 aliphatic carbocycles. The fourth-order valence-electron chi connectivity index (χ4n) is 5.28. The van der Waals surface area contributed by atoms with Crippen molar-refractivity contribution in [3.63, 3.8) is 0 Å². The van der Waals surface area contributed by atoms with E-state index in [9.17, 15) is 19.2 Å². The zero-order chi connectivity index (χ0) is 28.5. The first-order valence-electron chi connectivity index (χ1n) is 13.1. The van der Waals surface area contributed by atoms with Gasteiger partial charge in [-0.3, -0.25) is 28.9 Å². The second-order valence-electron chi connectivity index (χ2n) is 9.82. The lowest BCUT2D eigenvalue weighted by atomic mass is 9.96. The molecular formula is C30H26N6O5. The van der Waals surface area contributed by atoms with Crippen LogP contribution in [0.3, 0.4) is 0 Å². The summed E-state index contributed by atoms with van der Waals surface area (Å²) in [6.45, 7) is 1.81. The van der Waals surface area contributed by atoms with Crippen LogP contribution in [0.25, 0.3) is 16.8 Å². The molecule has 0 spiro atoms. The number of ether oxygens (including phenoxy) is 1. The molecule has 41 heavy (non-hydrogen) atoms. The van der Waals surface area contributed by atoms with Crippen molar-refractivity contribution in [1.82, 2.24) is 25.0 Å². The molecule has 11 heteroatoms. The van der Waals surface area contributed by atoms with Crippen molar-refractivity contribution in [2.75, 3.05) is 6.61 Å². The molecule has 1 atom stereocenters. The number of amides is 4. The van der Waals surface area contributed by atoms with E-state index < -0.39 is 17.9 Å². The Morgan fingerprint density at radius 1 is 1.07 bits per heavy atom. The van der Waals surface area contributed by atoms with E-state index >= 15 is 0 Å². The summed E-state index contributed by atoms with van der Waals surface area (Å²) < 4.78 is 7.77. The number of carbonyl (C=O) groups is 4. The molecule has 11 nitrogen and oxygen atoms in total. The average molecular weight is 551 g/mol. The summed E-state index contributed by atoms with van der Waals surface area (Å²) in [6, 6.07) is 17.6. The Morgan fingerprint density at radius 2 is 1.85 bits per heavy atom. The molecule has 2 aliphatic rings. The summed E-state index contributed by atoms with van der Waals surface area (Å²) in [7, 11) is 0. The van der Waals surface area contributed by atoms with Crippen LogP contribution < -0.4 is 15.5 Å². The van der Waals surface area contributed by atoms with Crippen LogP contribution in [0.5, 0.6) is 5.75 Å². The van der Waals surface area contributed by atoms with Crippen LogP contribution >= 0.6 is 0 Å². The highest BCUT2D eigenvalue weighted by atomic mass is 16.5. The molecule has 4 amide bonds. The lowest BCUT2D eigenvalue weighted by Gasteiger charge is -2.29. The number of para-hydroxylation sites is 1. The van der Waals surface area contributed by atoms with Crippen LogP contribution in [0.15, 0.2) is 72.0 Å². The standard InChI is InChI=1S/C30H26N6O5/c1-18-24(35-14-5-4-11-26(35)32-18)15-31-34-28(38)17-41-25-10-3-2-7-20(25)19-8-6-9-21-22(19)16-36(30(21)40)23-12-13-27(37)33-29(23)39/h2-11,14-15,23H,12-13,16-17H2,1H3,(H,34,38)(H,33,37,39)/b31-15+. The number of aryl methyl sites for hydroxylation is 1. The number of aromatic nitrogens is 2. The lowest BCUT2D eigenvalue weighted by Crippen LogP contribution is -2.52. The quantitative estimate of drug-likeness (QED) is 0.206.